The highest BCUT2D eigenvalue weighted by Gasteiger charge is 2.40. The maximum atomic E-state index is 12.1. The van der Waals surface area contributed by atoms with Crippen molar-refractivity contribution in [1.82, 2.24) is 15.6 Å². The van der Waals surface area contributed by atoms with Gasteiger partial charge in [-0.3, -0.25) is 14.4 Å². The molecule has 0 aromatic heterocycles. The Balaban J connectivity index is 1.78. The van der Waals surface area contributed by atoms with E-state index >= 15 is 0 Å². The predicted molar refractivity (Wildman–Crippen MR) is 118 cm³/mol. The maximum Gasteiger partial charge on any atom is 0.252 e. The minimum absolute atomic E-state index is 0.00309. The Bertz CT molecular complexity index is 958. The predicted octanol–water partition coefficient (Wildman–Crippen LogP) is 0.964. The summed E-state index contributed by atoms with van der Waals surface area (Å²) in [6.07, 6.45) is 1.80. The quantitative estimate of drug-likeness (QED) is 0.0815. The van der Waals surface area contributed by atoms with Crippen LogP contribution in [0.15, 0.2) is 17.2 Å². The van der Waals surface area contributed by atoms with E-state index in [4.69, 9.17) is 11.6 Å². The van der Waals surface area contributed by atoms with E-state index in [1.54, 1.807) is 0 Å². The van der Waals surface area contributed by atoms with E-state index in [0.29, 0.717) is 6.42 Å². The highest BCUT2D eigenvalue weighted by Crippen LogP contribution is 2.35. The molecule has 5 N–H and O–H groups in total. The number of hydrazone groups is 1. The molecule has 1 fully saturated rings. The first-order valence-corrected chi connectivity index (χ1v) is 11.2. The lowest BCUT2D eigenvalue weighted by Crippen LogP contribution is -2.57. The van der Waals surface area contributed by atoms with Gasteiger partial charge in [0.1, 0.15) is 4.75 Å². The highest BCUT2D eigenvalue weighted by atomic mass is 35.5. The molecular weight excluding hydrogens is 464 g/mol. The molecule has 1 heterocycles. The second kappa shape index (κ2) is 10.7. The lowest BCUT2D eigenvalue weighted by Gasteiger charge is -2.41. The van der Waals surface area contributed by atoms with E-state index < -0.39 is 39.1 Å². The molecule has 13 heteroatoms. The molecule has 2 rings (SSSR count). The molecule has 0 saturated carbocycles. The molecule has 176 valence electrons. The summed E-state index contributed by atoms with van der Waals surface area (Å²) < 4.78 is 20.0. The van der Waals surface area contributed by atoms with Crippen LogP contribution in [0.5, 0.6) is 11.5 Å². The average Bonchev–Trinajstić information content (AvgIpc) is 2.73. The third-order valence-electron chi connectivity index (χ3n) is 4.94. The number of nitrogens with zero attached hydrogens (tertiary/aromatic N) is 2. The van der Waals surface area contributed by atoms with Gasteiger partial charge in [-0.2, -0.15) is 5.10 Å². The normalized spacial score (nSPS) is 18.7. The highest BCUT2D eigenvalue weighted by molar-refractivity contribution is 7.81. The summed E-state index contributed by atoms with van der Waals surface area (Å²) in [5.74, 6) is -2.22. The molecule has 3 amide bonds. The van der Waals surface area contributed by atoms with Crippen LogP contribution in [-0.2, 0) is 20.7 Å². The smallest absolute Gasteiger partial charge is 0.252 e. The van der Waals surface area contributed by atoms with E-state index in [2.05, 4.69) is 15.8 Å². The van der Waals surface area contributed by atoms with Crippen molar-refractivity contribution in [2.75, 3.05) is 13.1 Å². The van der Waals surface area contributed by atoms with Crippen molar-refractivity contribution in [2.45, 2.75) is 43.9 Å². The fourth-order valence-electron chi connectivity index (χ4n) is 2.91. The van der Waals surface area contributed by atoms with E-state index in [1.165, 1.54) is 17.9 Å². The molecule has 1 aliphatic heterocycles. The number of β-lactam (4-membered cyclic amide) rings is 1. The first kappa shape index (κ1) is 25.6. The van der Waals surface area contributed by atoms with Crippen molar-refractivity contribution in [3.05, 3.63) is 22.7 Å². The van der Waals surface area contributed by atoms with Crippen LogP contribution >= 0.6 is 11.6 Å². The summed E-state index contributed by atoms with van der Waals surface area (Å²) in [4.78, 5) is 37.1. The van der Waals surface area contributed by atoms with E-state index in [1.807, 2.05) is 6.92 Å². The number of phenolic OH excluding ortho intramolecular Hbond substituents is 2. The summed E-state index contributed by atoms with van der Waals surface area (Å²) in [6, 6.07) is 2.36. The van der Waals surface area contributed by atoms with Gasteiger partial charge < -0.3 is 25.0 Å². The van der Waals surface area contributed by atoms with Crippen molar-refractivity contribution < 1.29 is 33.4 Å². The fraction of sp³-hybridized carbons (Fsp3) is 0.474. The molecule has 1 aliphatic rings. The Labute approximate surface area is 192 Å². The number of amides is 3. The van der Waals surface area contributed by atoms with E-state index in [-0.39, 0.29) is 48.5 Å². The van der Waals surface area contributed by atoms with Gasteiger partial charge in [-0.1, -0.05) is 11.6 Å². The van der Waals surface area contributed by atoms with Crippen molar-refractivity contribution in [3.8, 4) is 11.5 Å². The number of aromatic hydroxyl groups is 2. The van der Waals surface area contributed by atoms with Crippen LogP contribution in [0.4, 0.5) is 0 Å². The Hall–Kier alpha value is -2.70. The number of carbonyl (C=O) groups excluding carboxylic acids is 3. The number of phenols is 2. The molecule has 1 unspecified atom stereocenters. The SMILES string of the molecule is C[C@@H]1CC(=O)N1C[C@](C)(/C=N/NC(=O)CCCNC(=O)c1ccc(O)c(O)c1Cl)S(=O)O. The van der Waals surface area contributed by atoms with Gasteiger partial charge in [-0.25, -0.2) is 9.63 Å². The Morgan fingerprint density at radius 3 is 2.69 bits per heavy atom. The van der Waals surface area contributed by atoms with Gasteiger partial charge in [-0.15, -0.1) is 0 Å². The summed E-state index contributed by atoms with van der Waals surface area (Å²) in [7, 11) is 0. The molecule has 0 radical (unpaired) electrons. The van der Waals surface area contributed by atoms with Crippen molar-refractivity contribution in [1.29, 1.82) is 0 Å². The maximum absolute atomic E-state index is 12.1. The Morgan fingerprint density at radius 1 is 1.41 bits per heavy atom. The largest absolute Gasteiger partial charge is 0.504 e. The summed E-state index contributed by atoms with van der Waals surface area (Å²) >= 11 is 3.50. The Kier molecular flexibility index (Phi) is 8.58. The number of hydrogen-bond donors (Lipinski definition) is 5. The monoisotopic (exact) mass is 488 g/mol. The van der Waals surface area contributed by atoms with Gasteiger partial charge in [-0.05, 0) is 32.4 Å². The molecule has 0 aliphatic carbocycles. The van der Waals surface area contributed by atoms with Gasteiger partial charge in [0, 0.05) is 38.2 Å². The molecular formula is C19H25ClN4O7S. The van der Waals surface area contributed by atoms with Crippen LogP contribution in [-0.4, -0.2) is 71.7 Å². The van der Waals surface area contributed by atoms with Crippen LogP contribution in [0.2, 0.25) is 5.02 Å². The van der Waals surface area contributed by atoms with Crippen molar-refractivity contribution in [3.63, 3.8) is 0 Å². The number of benzene rings is 1. The third kappa shape index (κ3) is 6.17. The van der Waals surface area contributed by atoms with Crippen LogP contribution in [0, 0.1) is 0 Å². The van der Waals surface area contributed by atoms with Gasteiger partial charge in [0.05, 0.1) is 10.6 Å². The fourth-order valence-corrected chi connectivity index (χ4v) is 3.55. The summed E-state index contributed by atoms with van der Waals surface area (Å²) in [5.41, 5.74) is 2.23. The molecule has 1 aromatic rings. The van der Waals surface area contributed by atoms with Crippen LogP contribution < -0.4 is 10.7 Å². The van der Waals surface area contributed by atoms with Crippen LogP contribution in [0.25, 0.3) is 0 Å². The first-order chi connectivity index (χ1) is 15.0. The lowest BCUT2D eigenvalue weighted by molar-refractivity contribution is -0.145. The molecule has 11 nitrogen and oxygen atoms in total. The second-order valence-corrected chi connectivity index (χ2v) is 9.39. The van der Waals surface area contributed by atoms with E-state index in [9.17, 15) is 33.4 Å². The van der Waals surface area contributed by atoms with Crippen LogP contribution in [0.1, 0.15) is 43.5 Å². The van der Waals surface area contributed by atoms with Gasteiger partial charge in [0.15, 0.2) is 22.6 Å². The molecule has 1 aromatic carbocycles. The molecule has 1 saturated heterocycles. The minimum Gasteiger partial charge on any atom is -0.504 e. The number of hydrogen-bond acceptors (Lipinski definition) is 7. The number of likely N-dealkylation sites (tertiary alicyclic amines) is 1. The summed E-state index contributed by atoms with van der Waals surface area (Å²) in [5, 5.41) is 24.9. The minimum atomic E-state index is -2.32. The molecule has 0 bridgehead atoms. The van der Waals surface area contributed by atoms with Crippen molar-refractivity contribution in [2.24, 2.45) is 5.10 Å². The van der Waals surface area contributed by atoms with Crippen molar-refractivity contribution >= 4 is 46.6 Å². The third-order valence-corrected chi connectivity index (χ3v) is 6.35. The zero-order valence-corrected chi connectivity index (χ0v) is 19.1. The average molecular weight is 489 g/mol. The summed E-state index contributed by atoms with van der Waals surface area (Å²) in [6.45, 7) is 3.41. The number of halogens is 1. The van der Waals surface area contributed by atoms with Gasteiger partial charge >= 0.3 is 0 Å². The zero-order chi connectivity index (χ0) is 24.1. The van der Waals surface area contributed by atoms with Gasteiger partial charge in [0.25, 0.3) is 5.91 Å². The number of nitrogens with one attached hydrogen (secondary N) is 2. The first-order valence-electron chi connectivity index (χ1n) is 9.68. The molecule has 0 spiro atoms. The zero-order valence-electron chi connectivity index (χ0n) is 17.5. The second-order valence-electron chi connectivity index (χ2n) is 7.58. The molecule has 3 atom stereocenters. The van der Waals surface area contributed by atoms with Gasteiger partial charge in [0.2, 0.25) is 11.8 Å². The number of rotatable bonds is 10. The van der Waals surface area contributed by atoms with Crippen LogP contribution in [0.3, 0.4) is 0 Å². The molecule has 32 heavy (non-hydrogen) atoms. The van der Waals surface area contributed by atoms with E-state index in [0.717, 1.165) is 12.3 Å². The Morgan fingerprint density at radius 2 is 2.09 bits per heavy atom. The topological polar surface area (TPSA) is 169 Å². The standard InChI is InChI=1S/C19H25ClN4O7S/c1-11-8-15(27)24(11)10-19(2,32(30)31)9-22-23-14(26)4-3-7-21-18(29)12-5-6-13(25)17(28)16(12)20/h5-6,9,11,25,28H,3-4,7-8,10H2,1-2H3,(H,21,29)(H,23,26)(H,30,31)/b22-9+/t11-,19+/m1/s1. The number of carbonyl (C=O) groups is 3. The lowest BCUT2D eigenvalue weighted by atomic mass is 10.0.